The van der Waals surface area contributed by atoms with Crippen LogP contribution in [-0.4, -0.2) is 37.2 Å². The summed E-state index contributed by atoms with van der Waals surface area (Å²) in [6.45, 7) is 6.22. The molecule has 0 heterocycles. The van der Waals surface area contributed by atoms with Crippen molar-refractivity contribution in [2.75, 3.05) is 13.2 Å². The Balaban J connectivity index is 4.43. The zero-order valence-corrected chi connectivity index (χ0v) is 45.7. The fraction of sp³-hybridized carbons (Fsp3) is 0.615. The molecule has 0 saturated carbocycles. The van der Waals surface area contributed by atoms with E-state index in [0.29, 0.717) is 19.3 Å². The van der Waals surface area contributed by atoms with Gasteiger partial charge in [-0.25, -0.2) is 0 Å². The third kappa shape index (κ3) is 56.3. The van der Waals surface area contributed by atoms with Crippen LogP contribution in [0.3, 0.4) is 0 Å². The number of carbonyl (C=O) groups excluding carboxylic acids is 3. The molecule has 0 aromatic rings. The van der Waals surface area contributed by atoms with Crippen LogP contribution in [0.4, 0.5) is 0 Å². The average Bonchev–Trinajstić information content (AvgIpc) is 3.37. The summed E-state index contributed by atoms with van der Waals surface area (Å²) >= 11 is 0. The summed E-state index contributed by atoms with van der Waals surface area (Å²) in [7, 11) is 0. The van der Waals surface area contributed by atoms with Gasteiger partial charge in [-0.1, -0.05) is 238 Å². The molecule has 0 bridgehead atoms. The lowest BCUT2D eigenvalue weighted by molar-refractivity contribution is -0.166. The van der Waals surface area contributed by atoms with Gasteiger partial charge < -0.3 is 14.2 Å². The standard InChI is InChI=1S/C65H104O6/c1-4-7-10-13-16-19-22-25-27-29-30-31-32-33-34-36-37-40-43-46-49-52-55-58-64(67)70-61-62(60-69-63(66)57-54-51-48-45-42-39-24-21-18-15-12-9-6-3)71-65(68)59-56-53-50-47-44-41-38-35-28-26-23-20-17-14-11-8-5-2/h7-12,16-21,25-28,30-31,39,42,48,51,62H,4-6,13-15,22-24,29,32-38,40-41,43-47,49-50,52-61H2,1-3H3/b10-7-,11-8-,12-9-,19-16-,20-17-,21-18-,27-25-,28-26-,31-30-,42-39-,51-48-. The van der Waals surface area contributed by atoms with Crippen molar-refractivity contribution in [1.82, 2.24) is 0 Å². The first kappa shape index (κ1) is 66.6. The lowest BCUT2D eigenvalue weighted by Crippen LogP contribution is -2.30. The molecule has 0 N–H and O–H groups in total. The van der Waals surface area contributed by atoms with Crippen molar-refractivity contribution in [2.45, 2.75) is 245 Å². The van der Waals surface area contributed by atoms with E-state index in [9.17, 15) is 14.4 Å². The van der Waals surface area contributed by atoms with Crippen LogP contribution in [-0.2, 0) is 28.6 Å². The number of ether oxygens (including phenoxy) is 3. The molecule has 400 valence electrons. The minimum Gasteiger partial charge on any atom is -0.462 e. The molecular formula is C65H104O6. The molecule has 0 rings (SSSR count). The highest BCUT2D eigenvalue weighted by Gasteiger charge is 2.19. The van der Waals surface area contributed by atoms with Crippen LogP contribution in [0.2, 0.25) is 0 Å². The Hall–Kier alpha value is -4.45. The predicted octanol–water partition coefficient (Wildman–Crippen LogP) is 19.4. The maximum Gasteiger partial charge on any atom is 0.306 e. The highest BCUT2D eigenvalue weighted by Crippen LogP contribution is 2.14. The lowest BCUT2D eigenvalue weighted by Gasteiger charge is -2.18. The second-order valence-corrected chi connectivity index (χ2v) is 18.4. The Kier molecular flexibility index (Phi) is 54.5. The van der Waals surface area contributed by atoms with E-state index in [1.165, 1.54) is 70.6 Å². The maximum absolute atomic E-state index is 12.9. The van der Waals surface area contributed by atoms with Gasteiger partial charge in [0.1, 0.15) is 13.2 Å². The normalized spacial score (nSPS) is 13.1. The number of rotatable bonds is 50. The quantitative estimate of drug-likeness (QED) is 0.0262. The van der Waals surface area contributed by atoms with Crippen LogP contribution in [0.5, 0.6) is 0 Å². The van der Waals surface area contributed by atoms with Crippen LogP contribution < -0.4 is 0 Å². The summed E-state index contributed by atoms with van der Waals surface area (Å²) < 4.78 is 16.8. The van der Waals surface area contributed by atoms with Crippen LogP contribution in [0.25, 0.3) is 0 Å². The number of hydrogen-bond acceptors (Lipinski definition) is 6. The van der Waals surface area contributed by atoms with Crippen molar-refractivity contribution >= 4 is 17.9 Å². The maximum atomic E-state index is 12.9. The SMILES string of the molecule is CC/C=C\C/C=C\C/C=C\C/C=C\CCCCCCCCCCCCC(=O)OCC(COC(=O)CC/C=C\C/C=C\C/C=C\C/C=C\CC)OC(=O)CCCCCCCCC/C=C\C/C=C\C/C=C\CC. The monoisotopic (exact) mass is 981 g/mol. The zero-order valence-electron chi connectivity index (χ0n) is 45.7. The van der Waals surface area contributed by atoms with Crippen LogP contribution in [0, 0.1) is 0 Å². The molecule has 71 heavy (non-hydrogen) atoms. The molecule has 6 heteroatoms. The Labute approximate surface area is 436 Å². The summed E-state index contributed by atoms with van der Waals surface area (Å²) in [6, 6.07) is 0. The summed E-state index contributed by atoms with van der Waals surface area (Å²) in [5.41, 5.74) is 0. The van der Waals surface area contributed by atoms with Crippen molar-refractivity contribution in [3.05, 3.63) is 134 Å². The fourth-order valence-electron chi connectivity index (χ4n) is 7.46. The minimum atomic E-state index is -0.819. The Morgan fingerprint density at radius 2 is 0.535 bits per heavy atom. The Bertz CT molecular complexity index is 1550. The molecule has 0 aliphatic heterocycles. The predicted molar refractivity (Wildman–Crippen MR) is 306 cm³/mol. The molecule has 0 aromatic heterocycles. The number of unbranched alkanes of at least 4 members (excludes halogenated alkanes) is 17. The topological polar surface area (TPSA) is 78.9 Å². The lowest BCUT2D eigenvalue weighted by atomic mass is 10.1. The molecule has 6 nitrogen and oxygen atoms in total. The van der Waals surface area contributed by atoms with Gasteiger partial charge in [0.25, 0.3) is 0 Å². The van der Waals surface area contributed by atoms with Gasteiger partial charge in [-0.3, -0.25) is 14.4 Å². The number of esters is 3. The van der Waals surface area contributed by atoms with Gasteiger partial charge in [-0.2, -0.15) is 0 Å². The minimum absolute atomic E-state index is 0.110. The van der Waals surface area contributed by atoms with Crippen LogP contribution in [0.1, 0.15) is 239 Å². The van der Waals surface area contributed by atoms with Crippen LogP contribution >= 0.6 is 0 Å². The van der Waals surface area contributed by atoms with Gasteiger partial charge in [0.15, 0.2) is 6.10 Å². The van der Waals surface area contributed by atoms with Gasteiger partial charge in [0.05, 0.1) is 0 Å². The van der Waals surface area contributed by atoms with Gasteiger partial charge in [0.2, 0.25) is 0 Å². The van der Waals surface area contributed by atoms with E-state index in [0.717, 1.165) is 122 Å². The van der Waals surface area contributed by atoms with Crippen molar-refractivity contribution in [2.24, 2.45) is 0 Å². The molecule has 1 unspecified atom stereocenters. The largest absolute Gasteiger partial charge is 0.462 e. The molecule has 0 spiro atoms. The smallest absolute Gasteiger partial charge is 0.306 e. The molecule has 0 radical (unpaired) electrons. The molecule has 0 amide bonds. The Morgan fingerprint density at radius 3 is 0.873 bits per heavy atom. The van der Waals surface area contributed by atoms with Crippen molar-refractivity contribution in [1.29, 1.82) is 0 Å². The van der Waals surface area contributed by atoms with E-state index in [2.05, 4.69) is 142 Å². The average molecular weight is 982 g/mol. The van der Waals surface area contributed by atoms with Crippen molar-refractivity contribution < 1.29 is 28.6 Å². The molecule has 1 atom stereocenters. The van der Waals surface area contributed by atoms with Crippen molar-refractivity contribution in [3.63, 3.8) is 0 Å². The second kappa shape index (κ2) is 58.1. The summed E-state index contributed by atoms with van der Waals surface area (Å²) in [5, 5.41) is 0. The zero-order chi connectivity index (χ0) is 51.4. The number of carbonyl (C=O) groups is 3. The summed E-state index contributed by atoms with van der Waals surface area (Å²) in [4.78, 5) is 38.1. The molecule has 0 aliphatic rings. The first-order valence-electron chi connectivity index (χ1n) is 28.7. The summed E-state index contributed by atoms with van der Waals surface area (Å²) in [6.07, 6.45) is 81.7. The van der Waals surface area contributed by atoms with Gasteiger partial charge in [0, 0.05) is 19.3 Å². The second-order valence-electron chi connectivity index (χ2n) is 18.4. The first-order valence-corrected chi connectivity index (χ1v) is 28.7. The van der Waals surface area contributed by atoms with E-state index < -0.39 is 6.10 Å². The molecule has 0 fully saturated rings. The van der Waals surface area contributed by atoms with E-state index in [4.69, 9.17) is 14.2 Å². The van der Waals surface area contributed by atoms with Gasteiger partial charge >= 0.3 is 17.9 Å². The van der Waals surface area contributed by atoms with E-state index >= 15 is 0 Å². The van der Waals surface area contributed by atoms with Gasteiger partial charge in [-0.05, 0) is 116 Å². The van der Waals surface area contributed by atoms with E-state index in [-0.39, 0.29) is 37.5 Å². The van der Waals surface area contributed by atoms with Crippen molar-refractivity contribution in [3.8, 4) is 0 Å². The molecule has 0 saturated heterocycles. The third-order valence-corrected chi connectivity index (χ3v) is 11.6. The molecular weight excluding hydrogens is 877 g/mol. The van der Waals surface area contributed by atoms with E-state index in [1.807, 2.05) is 12.2 Å². The fourth-order valence-corrected chi connectivity index (χ4v) is 7.46. The highest BCUT2D eigenvalue weighted by atomic mass is 16.6. The number of allylic oxidation sites excluding steroid dienone is 22. The Morgan fingerprint density at radius 1 is 0.282 bits per heavy atom. The van der Waals surface area contributed by atoms with Gasteiger partial charge in [-0.15, -0.1) is 0 Å². The number of hydrogen-bond donors (Lipinski definition) is 0. The highest BCUT2D eigenvalue weighted by molar-refractivity contribution is 5.71. The third-order valence-electron chi connectivity index (χ3n) is 11.6. The van der Waals surface area contributed by atoms with E-state index in [1.54, 1.807) is 0 Å². The first-order chi connectivity index (χ1) is 35.0. The van der Waals surface area contributed by atoms with Crippen LogP contribution in [0.15, 0.2) is 134 Å². The molecule has 0 aliphatic carbocycles. The summed E-state index contributed by atoms with van der Waals surface area (Å²) in [5.74, 6) is -1.01. The molecule has 0 aromatic carbocycles.